The first kappa shape index (κ1) is 13.9. The average molecular weight is 337 g/mol. The van der Waals surface area contributed by atoms with Gasteiger partial charge in [-0.15, -0.1) is 0 Å². The molecular formula is C10H8BrF3N4O. The molecule has 0 saturated heterocycles. The molecule has 0 fully saturated rings. The Morgan fingerprint density at radius 1 is 1.32 bits per heavy atom. The fraction of sp³-hybridized carbons (Fsp3) is 0.300. The third kappa shape index (κ3) is 2.61. The highest BCUT2D eigenvalue weighted by Crippen LogP contribution is 2.35. The van der Waals surface area contributed by atoms with Crippen LogP contribution in [0.2, 0.25) is 0 Å². The van der Waals surface area contributed by atoms with E-state index in [0.29, 0.717) is 0 Å². The van der Waals surface area contributed by atoms with Crippen molar-refractivity contribution in [2.75, 3.05) is 0 Å². The van der Waals surface area contributed by atoms with Crippen LogP contribution in [0, 0.1) is 0 Å². The number of alkyl halides is 3. The molecule has 2 N–H and O–H groups in total. The van der Waals surface area contributed by atoms with Gasteiger partial charge in [-0.1, -0.05) is 5.16 Å². The zero-order chi connectivity index (χ0) is 14.3. The molecule has 0 saturated carbocycles. The molecule has 2 aromatic rings. The van der Waals surface area contributed by atoms with Gasteiger partial charge in [0.05, 0.1) is 0 Å². The van der Waals surface area contributed by atoms with Crippen molar-refractivity contribution in [3.63, 3.8) is 0 Å². The SMILES string of the molecule is CC(N)(c1nc(-c2ccc(Br)cn2)no1)C(F)(F)F. The Morgan fingerprint density at radius 2 is 2.00 bits per heavy atom. The predicted octanol–water partition coefficient (Wildman–Crippen LogP) is 2.63. The van der Waals surface area contributed by atoms with Crippen molar-refractivity contribution in [2.24, 2.45) is 5.73 Å². The number of pyridine rings is 1. The zero-order valence-electron chi connectivity index (χ0n) is 9.57. The summed E-state index contributed by atoms with van der Waals surface area (Å²) in [6.45, 7) is 0.763. The van der Waals surface area contributed by atoms with E-state index in [0.717, 1.165) is 11.4 Å². The van der Waals surface area contributed by atoms with Crippen molar-refractivity contribution in [1.82, 2.24) is 15.1 Å². The Morgan fingerprint density at radius 3 is 2.53 bits per heavy atom. The molecule has 5 nitrogen and oxygen atoms in total. The maximum atomic E-state index is 12.7. The average Bonchev–Trinajstić information content (AvgIpc) is 2.78. The molecule has 2 rings (SSSR count). The maximum absolute atomic E-state index is 12.7. The van der Waals surface area contributed by atoms with Gasteiger partial charge in [-0.2, -0.15) is 18.2 Å². The summed E-state index contributed by atoms with van der Waals surface area (Å²) in [5.41, 5.74) is 2.77. The molecule has 2 aromatic heterocycles. The van der Waals surface area contributed by atoms with E-state index >= 15 is 0 Å². The molecule has 0 aliphatic rings. The molecule has 0 radical (unpaired) electrons. The van der Waals surface area contributed by atoms with Crippen LogP contribution in [0.1, 0.15) is 12.8 Å². The summed E-state index contributed by atoms with van der Waals surface area (Å²) in [4.78, 5) is 7.60. The second-order valence-electron chi connectivity index (χ2n) is 3.98. The highest BCUT2D eigenvalue weighted by atomic mass is 79.9. The largest absolute Gasteiger partial charge is 0.415 e. The Balaban J connectivity index is 2.37. The van der Waals surface area contributed by atoms with Gasteiger partial charge in [0, 0.05) is 10.7 Å². The number of hydrogen-bond acceptors (Lipinski definition) is 5. The molecule has 9 heteroatoms. The molecule has 0 amide bonds. The normalized spacial score (nSPS) is 15.3. The summed E-state index contributed by atoms with van der Waals surface area (Å²) in [6.07, 6.45) is -3.22. The molecule has 0 aromatic carbocycles. The van der Waals surface area contributed by atoms with Crippen molar-refractivity contribution in [1.29, 1.82) is 0 Å². The van der Waals surface area contributed by atoms with Crippen LogP contribution in [0.4, 0.5) is 13.2 Å². The van der Waals surface area contributed by atoms with E-state index in [2.05, 4.69) is 35.6 Å². The van der Waals surface area contributed by atoms with Crippen LogP contribution in [-0.2, 0) is 5.54 Å². The molecule has 0 bridgehead atoms. The third-order valence-corrected chi connectivity index (χ3v) is 2.88. The lowest BCUT2D eigenvalue weighted by Crippen LogP contribution is -2.47. The molecular weight excluding hydrogens is 329 g/mol. The van der Waals surface area contributed by atoms with Crippen molar-refractivity contribution >= 4 is 15.9 Å². The van der Waals surface area contributed by atoms with Crippen LogP contribution < -0.4 is 5.73 Å². The molecule has 19 heavy (non-hydrogen) atoms. The molecule has 1 unspecified atom stereocenters. The van der Waals surface area contributed by atoms with Gasteiger partial charge < -0.3 is 10.3 Å². The fourth-order valence-electron chi connectivity index (χ4n) is 1.17. The lowest BCUT2D eigenvalue weighted by atomic mass is 10.0. The maximum Gasteiger partial charge on any atom is 0.415 e. The standard InChI is InChI=1S/C10H8BrF3N4O/c1-9(15,10(12,13)14)8-17-7(18-19-8)6-3-2-5(11)4-16-6/h2-4H,15H2,1H3. The first-order chi connectivity index (χ1) is 8.72. The number of halogens is 4. The van der Waals surface area contributed by atoms with Crippen molar-refractivity contribution in [3.05, 3.63) is 28.7 Å². The Bertz CT molecular complexity index is 579. The van der Waals surface area contributed by atoms with E-state index in [1.807, 2.05) is 0 Å². The van der Waals surface area contributed by atoms with Gasteiger partial charge in [0.1, 0.15) is 5.69 Å². The third-order valence-electron chi connectivity index (χ3n) is 2.42. The lowest BCUT2D eigenvalue weighted by molar-refractivity contribution is -0.190. The smallest absolute Gasteiger partial charge is 0.336 e. The summed E-state index contributed by atoms with van der Waals surface area (Å²) in [5, 5.41) is 3.45. The molecule has 2 heterocycles. The summed E-state index contributed by atoms with van der Waals surface area (Å²) in [5.74, 6) is -0.761. The molecule has 102 valence electrons. The minimum atomic E-state index is -4.69. The van der Waals surface area contributed by atoms with E-state index in [-0.39, 0.29) is 11.5 Å². The summed E-state index contributed by atoms with van der Waals surface area (Å²) in [7, 11) is 0. The summed E-state index contributed by atoms with van der Waals surface area (Å²) < 4.78 is 43.4. The first-order valence-electron chi connectivity index (χ1n) is 5.03. The Labute approximate surface area is 114 Å². The summed E-state index contributed by atoms with van der Waals surface area (Å²) in [6, 6.07) is 3.20. The number of hydrogen-bond donors (Lipinski definition) is 1. The van der Waals surface area contributed by atoms with Crippen LogP contribution in [0.5, 0.6) is 0 Å². The van der Waals surface area contributed by atoms with Crippen molar-refractivity contribution in [2.45, 2.75) is 18.6 Å². The van der Waals surface area contributed by atoms with Crippen molar-refractivity contribution in [3.8, 4) is 11.5 Å². The zero-order valence-corrected chi connectivity index (χ0v) is 11.2. The van der Waals surface area contributed by atoms with Gasteiger partial charge in [0.2, 0.25) is 5.82 Å². The number of rotatable bonds is 2. The van der Waals surface area contributed by atoms with Gasteiger partial charge in [-0.05, 0) is 35.0 Å². The highest BCUT2D eigenvalue weighted by molar-refractivity contribution is 9.10. The van der Waals surface area contributed by atoms with Gasteiger partial charge in [0.25, 0.3) is 5.89 Å². The van der Waals surface area contributed by atoms with Crippen molar-refractivity contribution < 1.29 is 17.7 Å². The highest BCUT2D eigenvalue weighted by Gasteiger charge is 2.53. The molecule has 0 aliphatic carbocycles. The first-order valence-corrected chi connectivity index (χ1v) is 5.83. The van der Waals surface area contributed by atoms with Gasteiger partial charge in [-0.3, -0.25) is 4.98 Å². The summed E-state index contributed by atoms with van der Waals surface area (Å²) >= 11 is 3.19. The monoisotopic (exact) mass is 336 g/mol. The Hall–Kier alpha value is -1.48. The van der Waals surface area contributed by atoms with Crippen LogP contribution in [-0.4, -0.2) is 21.3 Å². The number of aromatic nitrogens is 3. The second-order valence-corrected chi connectivity index (χ2v) is 4.90. The lowest BCUT2D eigenvalue weighted by Gasteiger charge is -2.22. The quantitative estimate of drug-likeness (QED) is 0.912. The van der Waals surface area contributed by atoms with Crippen LogP contribution in [0.15, 0.2) is 27.3 Å². The number of nitrogens with zero attached hydrogens (tertiary/aromatic N) is 3. The van der Waals surface area contributed by atoms with Gasteiger partial charge >= 0.3 is 6.18 Å². The second kappa shape index (κ2) is 4.57. The molecule has 0 spiro atoms. The van der Waals surface area contributed by atoms with Gasteiger partial charge in [-0.25, -0.2) is 0 Å². The Kier molecular flexibility index (Phi) is 3.35. The minimum Gasteiger partial charge on any atom is -0.336 e. The predicted molar refractivity (Wildman–Crippen MR) is 62.8 cm³/mol. The number of nitrogens with two attached hydrogens (primary N) is 1. The topological polar surface area (TPSA) is 77.8 Å². The van der Waals surface area contributed by atoms with E-state index in [1.54, 1.807) is 12.1 Å². The van der Waals surface area contributed by atoms with E-state index in [1.165, 1.54) is 6.20 Å². The van der Waals surface area contributed by atoms with Crippen LogP contribution in [0.3, 0.4) is 0 Å². The minimum absolute atomic E-state index is 0.0524. The molecule has 1 atom stereocenters. The van der Waals surface area contributed by atoms with Crippen LogP contribution in [0.25, 0.3) is 11.5 Å². The van der Waals surface area contributed by atoms with E-state index in [4.69, 9.17) is 5.73 Å². The fourth-order valence-corrected chi connectivity index (χ4v) is 1.40. The van der Waals surface area contributed by atoms with Gasteiger partial charge in [0.15, 0.2) is 5.54 Å². The molecule has 0 aliphatic heterocycles. The van der Waals surface area contributed by atoms with E-state index in [9.17, 15) is 13.2 Å². The van der Waals surface area contributed by atoms with E-state index < -0.39 is 17.6 Å². The van der Waals surface area contributed by atoms with Crippen LogP contribution >= 0.6 is 15.9 Å².